The third kappa shape index (κ3) is 5.63. The van der Waals surface area contributed by atoms with Gasteiger partial charge < -0.3 is 20.5 Å². The van der Waals surface area contributed by atoms with Crippen LogP contribution < -0.4 is 16.0 Å². The van der Waals surface area contributed by atoms with Gasteiger partial charge >= 0.3 is 6.03 Å². The summed E-state index contributed by atoms with van der Waals surface area (Å²) in [6.45, 7) is 2.38. The molecule has 0 bridgehead atoms. The topological polar surface area (TPSA) is 96.3 Å². The SMILES string of the molecule is Cc1ccc(NC(=O)CCNC(=O)NCc2ccon2)c(Cl)c1. The van der Waals surface area contributed by atoms with Crippen LogP contribution in [0.2, 0.25) is 5.02 Å². The Labute approximate surface area is 138 Å². The van der Waals surface area contributed by atoms with E-state index in [2.05, 4.69) is 25.6 Å². The number of hydrogen-bond acceptors (Lipinski definition) is 4. The first-order valence-corrected chi connectivity index (χ1v) is 7.39. The Morgan fingerprint density at radius 3 is 2.78 bits per heavy atom. The van der Waals surface area contributed by atoms with Gasteiger partial charge in [0.1, 0.15) is 12.0 Å². The van der Waals surface area contributed by atoms with E-state index >= 15 is 0 Å². The Morgan fingerprint density at radius 1 is 1.26 bits per heavy atom. The molecule has 0 aliphatic heterocycles. The summed E-state index contributed by atoms with van der Waals surface area (Å²) in [5.74, 6) is -0.229. The number of nitrogens with one attached hydrogen (secondary N) is 3. The molecule has 2 aromatic rings. The number of carbonyl (C=O) groups is 2. The average molecular weight is 337 g/mol. The standard InChI is InChI=1S/C15H17ClN4O3/c1-10-2-3-13(12(16)8-10)19-14(21)4-6-17-15(22)18-9-11-5-7-23-20-11/h2-3,5,7-8H,4,6,9H2,1H3,(H,19,21)(H2,17,18,22). The van der Waals surface area contributed by atoms with Crippen molar-refractivity contribution in [3.05, 3.63) is 46.8 Å². The van der Waals surface area contributed by atoms with Crippen LogP contribution in [0.5, 0.6) is 0 Å². The molecule has 7 nitrogen and oxygen atoms in total. The molecule has 0 atom stereocenters. The van der Waals surface area contributed by atoms with Crippen molar-refractivity contribution in [2.24, 2.45) is 0 Å². The van der Waals surface area contributed by atoms with Crippen LogP contribution in [0.4, 0.5) is 10.5 Å². The second kappa shape index (κ2) is 8.19. The Balaban J connectivity index is 1.67. The van der Waals surface area contributed by atoms with Gasteiger partial charge in [0.2, 0.25) is 5.91 Å². The molecule has 1 aromatic heterocycles. The third-order valence-corrected chi connectivity index (χ3v) is 3.27. The molecule has 0 aliphatic rings. The Hall–Kier alpha value is -2.54. The van der Waals surface area contributed by atoms with Gasteiger partial charge in [-0.15, -0.1) is 0 Å². The van der Waals surface area contributed by atoms with Gasteiger partial charge in [-0.3, -0.25) is 4.79 Å². The summed E-state index contributed by atoms with van der Waals surface area (Å²) < 4.78 is 4.65. The molecule has 0 saturated carbocycles. The highest BCUT2D eigenvalue weighted by atomic mass is 35.5. The molecule has 0 spiro atoms. The number of hydrogen-bond donors (Lipinski definition) is 3. The van der Waals surface area contributed by atoms with Crippen LogP contribution in [-0.2, 0) is 11.3 Å². The van der Waals surface area contributed by atoms with Gasteiger partial charge in [-0.25, -0.2) is 4.79 Å². The van der Waals surface area contributed by atoms with Crippen molar-refractivity contribution in [2.45, 2.75) is 19.9 Å². The molecule has 0 aliphatic carbocycles. The highest BCUT2D eigenvalue weighted by molar-refractivity contribution is 6.33. The molecule has 122 valence electrons. The van der Waals surface area contributed by atoms with Crippen molar-refractivity contribution in [1.29, 1.82) is 0 Å². The Morgan fingerprint density at radius 2 is 2.09 bits per heavy atom. The minimum absolute atomic E-state index is 0.140. The summed E-state index contributed by atoms with van der Waals surface area (Å²) in [7, 11) is 0. The molecule has 0 fully saturated rings. The van der Waals surface area contributed by atoms with Gasteiger partial charge in [0.25, 0.3) is 0 Å². The van der Waals surface area contributed by atoms with E-state index < -0.39 is 0 Å². The molecule has 8 heteroatoms. The number of urea groups is 1. The highest BCUT2D eigenvalue weighted by Gasteiger charge is 2.07. The normalized spacial score (nSPS) is 10.2. The molecule has 0 unspecified atom stereocenters. The van der Waals surface area contributed by atoms with E-state index in [1.807, 2.05) is 13.0 Å². The molecule has 3 amide bonds. The number of aromatic nitrogens is 1. The summed E-state index contributed by atoms with van der Waals surface area (Å²) in [5.41, 5.74) is 2.18. The van der Waals surface area contributed by atoms with E-state index in [1.165, 1.54) is 6.26 Å². The number of anilines is 1. The van der Waals surface area contributed by atoms with Crippen molar-refractivity contribution in [2.75, 3.05) is 11.9 Å². The summed E-state index contributed by atoms with van der Waals surface area (Å²) in [5, 5.41) is 12.0. The number of carbonyl (C=O) groups excluding carboxylic acids is 2. The quantitative estimate of drug-likeness (QED) is 0.755. The zero-order chi connectivity index (χ0) is 16.7. The van der Waals surface area contributed by atoms with Crippen LogP contribution in [0.15, 0.2) is 35.1 Å². The van der Waals surface area contributed by atoms with E-state index in [0.717, 1.165) is 5.56 Å². The summed E-state index contributed by atoms with van der Waals surface area (Å²) in [4.78, 5) is 23.3. The van der Waals surface area contributed by atoms with Crippen LogP contribution >= 0.6 is 11.6 Å². The first-order chi connectivity index (χ1) is 11.0. The lowest BCUT2D eigenvalue weighted by Gasteiger charge is -2.09. The van der Waals surface area contributed by atoms with Gasteiger partial charge in [-0.1, -0.05) is 22.8 Å². The maximum Gasteiger partial charge on any atom is 0.315 e. The smallest absolute Gasteiger partial charge is 0.315 e. The van der Waals surface area contributed by atoms with Crippen LogP contribution in [0, 0.1) is 6.92 Å². The summed E-state index contributed by atoms with van der Waals surface area (Å²) >= 11 is 6.04. The van der Waals surface area contributed by atoms with Crippen molar-refractivity contribution >= 4 is 29.2 Å². The summed E-state index contributed by atoms with van der Waals surface area (Å²) in [6.07, 6.45) is 1.57. The molecule has 0 radical (unpaired) electrons. The maximum absolute atomic E-state index is 11.8. The largest absolute Gasteiger partial charge is 0.364 e. The number of nitrogens with zero attached hydrogens (tertiary/aromatic N) is 1. The minimum atomic E-state index is -0.380. The lowest BCUT2D eigenvalue weighted by molar-refractivity contribution is -0.116. The van der Waals surface area contributed by atoms with Crippen LogP contribution in [0.25, 0.3) is 0 Å². The average Bonchev–Trinajstić information content (AvgIpc) is 3.01. The monoisotopic (exact) mass is 336 g/mol. The molecule has 1 heterocycles. The maximum atomic E-state index is 11.8. The molecule has 0 saturated heterocycles. The lowest BCUT2D eigenvalue weighted by Crippen LogP contribution is -2.36. The number of aryl methyl sites for hydroxylation is 1. The van der Waals surface area contributed by atoms with Crippen molar-refractivity contribution < 1.29 is 14.1 Å². The van der Waals surface area contributed by atoms with E-state index in [1.54, 1.807) is 18.2 Å². The van der Waals surface area contributed by atoms with Crippen molar-refractivity contribution in [3.63, 3.8) is 0 Å². The molecule has 3 N–H and O–H groups in total. The second-order valence-electron chi connectivity index (χ2n) is 4.88. The predicted molar refractivity (Wildman–Crippen MR) is 86.2 cm³/mol. The van der Waals surface area contributed by atoms with E-state index in [4.69, 9.17) is 11.6 Å². The van der Waals surface area contributed by atoms with Crippen molar-refractivity contribution in [3.8, 4) is 0 Å². The van der Waals surface area contributed by atoms with Gasteiger partial charge in [0, 0.05) is 19.0 Å². The lowest BCUT2D eigenvalue weighted by atomic mass is 10.2. The van der Waals surface area contributed by atoms with E-state index in [9.17, 15) is 9.59 Å². The fourth-order valence-corrected chi connectivity index (χ4v) is 2.07. The van der Waals surface area contributed by atoms with Crippen LogP contribution in [-0.4, -0.2) is 23.6 Å². The Bertz CT molecular complexity index is 673. The minimum Gasteiger partial charge on any atom is -0.364 e. The first kappa shape index (κ1) is 16.8. The number of amides is 3. The highest BCUT2D eigenvalue weighted by Crippen LogP contribution is 2.22. The third-order valence-electron chi connectivity index (χ3n) is 2.96. The fraction of sp³-hybridized carbons (Fsp3) is 0.267. The number of benzene rings is 1. The summed E-state index contributed by atoms with van der Waals surface area (Å²) in [6, 6.07) is 6.64. The van der Waals surface area contributed by atoms with Gasteiger partial charge in [0.05, 0.1) is 17.3 Å². The van der Waals surface area contributed by atoms with Gasteiger partial charge in [-0.2, -0.15) is 0 Å². The van der Waals surface area contributed by atoms with Crippen LogP contribution in [0.1, 0.15) is 17.7 Å². The van der Waals surface area contributed by atoms with Gasteiger partial charge in [-0.05, 0) is 24.6 Å². The van der Waals surface area contributed by atoms with Crippen LogP contribution in [0.3, 0.4) is 0 Å². The fourth-order valence-electron chi connectivity index (χ4n) is 1.79. The van der Waals surface area contributed by atoms with E-state index in [-0.39, 0.29) is 31.4 Å². The number of rotatable bonds is 6. The zero-order valence-electron chi connectivity index (χ0n) is 12.6. The second-order valence-corrected chi connectivity index (χ2v) is 5.29. The first-order valence-electron chi connectivity index (χ1n) is 7.01. The predicted octanol–water partition coefficient (Wildman–Crippen LogP) is 2.46. The molecular weight excluding hydrogens is 320 g/mol. The van der Waals surface area contributed by atoms with Gasteiger partial charge in [0.15, 0.2) is 0 Å². The zero-order valence-corrected chi connectivity index (χ0v) is 13.3. The van der Waals surface area contributed by atoms with E-state index in [0.29, 0.717) is 16.4 Å². The number of halogens is 1. The molecular formula is C15H17ClN4O3. The Kier molecular flexibility index (Phi) is 5.99. The molecule has 23 heavy (non-hydrogen) atoms. The van der Waals surface area contributed by atoms with Crippen molar-refractivity contribution in [1.82, 2.24) is 15.8 Å². The molecule has 2 rings (SSSR count). The molecule has 1 aromatic carbocycles.